The van der Waals surface area contributed by atoms with Gasteiger partial charge in [0.25, 0.3) is 0 Å². The van der Waals surface area contributed by atoms with Gasteiger partial charge in [-0.3, -0.25) is 0 Å². The van der Waals surface area contributed by atoms with Crippen molar-refractivity contribution >= 4 is 5.97 Å². The lowest BCUT2D eigenvalue weighted by Crippen LogP contribution is -2.08. The van der Waals surface area contributed by atoms with Crippen LogP contribution in [0.4, 0.5) is 0 Å². The second-order valence-corrected chi connectivity index (χ2v) is 2.75. The zero-order chi connectivity index (χ0) is 9.68. The fraction of sp³-hybridized carbons (Fsp3) is 0.200. The van der Waals surface area contributed by atoms with Crippen molar-refractivity contribution in [3.63, 3.8) is 0 Å². The van der Waals surface area contributed by atoms with Gasteiger partial charge in [0.2, 0.25) is 0 Å². The standard InChI is InChI=1S/C10H11NO2/c1-8(2)7-13-10(12)9-5-3-4-6-11-9/h3-6H,1,7H2,2H3. The van der Waals surface area contributed by atoms with E-state index in [2.05, 4.69) is 11.6 Å². The highest BCUT2D eigenvalue weighted by Crippen LogP contribution is 1.98. The number of carbonyl (C=O) groups excluding carboxylic acids is 1. The van der Waals surface area contributed by atoms with E-state index in [1.54, 1.807) is 31.3 Å². The van der Waals surface area contributed by atoms with Crippen LogP contribution in [0.1, 0.15) is 17.4 Å². The number of hydrogen-bond donors (Lipinski definition) is 0. The van der Waals surface area contributed by atoms with Gasteiger partial charge in [-0.1, -0.05) is 12.6 Å². The second kappa shape index (κ2) is 4.40. The highest BCUT2D eigenvalue weighted by Gasteiger charge is 2.06. The first-order chi connectivity index (χ1) is 6.20. The third kappa shape index (κ3) is 3.07. The van der Waals surface area contributed by atoms with E-state index in [-0.39, 0.29) is 6.61 Å². The Balaban J connectivity index is 2.54. The third-order valence-corrected chi connectivity index (χ3v) is 1.32. The third-order valence-electron chi connectivity index (χ3n) is 1.32. The Morgan fingerprint density at radius 3 is 2.92 bits per heavy atom. The number of rotatable bonds is 3. The molecule has 0 radical (unpaired) electrons. The lowest BCUT2D eigenvalue weighted by atomic mass is 10.3. The Labute approximate surface area is 77.1 Å². The van der Waals surface area contributed by atoms with Crippen molar-refractivity contribution in [2.24, 2.45) is 0 Å². The summed E-state index contributed by atoms with van der Waals surface area (Å²) in [6.07, 6.45) is 1.55. The second-order valence-electron chi connectivity index (χ2n) is 2.75. The Kier molecular flexibility index (Phi) is 3.20. The van der Waals surface area contributed by atoms with E-state index in [1.807, 2.05) is 0 Å². The van der Waals surface area contributed by atoms with Gasteiger partial charge in [0.15, 0.2) is 0 Å². The van der Waals surface area contributed by atoms with E-state index in [4.69, 9.17) is 4.74 Å². The molecular formula is C10H11NO2. The Bertz CT molecular complexity index is 306. The number of pyridine rings is 1. The number of carbonyl (C=O) groups is 1. The predicted octanol–water partition coefficient (Wildman–Crippen LogP) is 1.81. The minimum Gasteiger partial charge on any atom is -0.456 e. The highest BCUT2D eigenvalue weighted by atomic mass is 16.5. The van der Waals surface area contributed by atoms with E-state index >= 15 is 0 Å². The van der Waals surface area contributed by atoms with Crippen LogP contribution in [0, 0.1) is 0 Å². The molecule has 3 heteroatoms. The molecule has 68 valence electrons. The van der Waals surface area contributed by atoms with Crippen molar-refractivity contribution in [3.8, 4) is 0 Å². The van der Waals surface area contributed by atoms with Gasteiger partial charge in [0.05, 0.1) is 0 Å². The summed E-state index contributed by atoms with van der Waals surface area (Å²) in [6.45, 7) is 5.67. The predicted molar refractivity (Wildman–Crippen MR) is 49.3 cm³/mol. The molecule has 13 heavy (non-hydrogen) atoms. The lowest BCUT2D eigenvalue weighted by molar-refractivity contribution is 0.0533. The van der Waals surface area contributed by atoms with Crippen LogP contribution >= 0.6 is 0 Å². The van der Waals surface area contributed by atoms with Gasteiger partial charge in [0, 0.05) is 6.20 Å². The number of hydrogen-bond acceptors (Lipinski definition) is 3. The largest absolute Gasteiger partial charge is 0.456 e. The van der Waals surface area contributed by atoms with Gasteiger partial charge in [-0.2, -0.15) is 0 Å². The SMILES string of the molecule is C=C(C)COC(=O)c1ccccn1. The fourth-order valence-corrected chi connectivity index (χ4v) is 0.746. The average molecular weight is 177 g/mol. The van der Waals surface area contributed by atoms with E-state index < -0.39 is 5.97 Å². The van der Waals surface area contributed by atoms with Crippen LogP contribution in [0.25, 0.3) is 0 Å². The number of aromatic nitrogens is 1. The maximum absolute atomic E-state index is 11.2. The molecule has 0 atom stereocenters. The summed E-state index contributed by atoms with van der Waals surface area (Å²) in [7, 11) is 0. The molecule has 0 aliphatic rings. The normalized spacial score (nSPS) is 9.31. The maximum Gasteiger partial charge on any atom is 0.357 e. The molecule has 1 heterocycles. The summed E-state index contributed by atoms with van der Waals surface area (Å²) < 4.78 is 4.89. The van der Waals surface area contributed by atoms with Crippen LogP contribution in [-0.4, -0.2) is 17.6 Å². The number of ether oxygens (including phenoxy) is 1. The Morgan fingerprint density at radius 1 is 1.62 bits per heavy atom. The maximum atomic E-state index is 11.2. The van der Waals surface area contributed by atoms with Gasteiger partial charge in [-0.05, 0) is 24.6 Å². The van der Waals surface area contributed by atoms with Crippen LogP contribution in [0.2, 0.25) is 0 Å². The van der Waals surface area contributed by atoms with E-state index in [0.29, 0.717) is 5.69 Å². The van der Waals surface area contributed by atoms with Crippen molar-refractivity contribution in [2.45, 2.75) is 6.92 Å². The molecule has 0 unspecified atom stereocenters. The molecule has 0 aliphatic carbocycles. The van der Waals surface area contributed by atoms with Crippen LogP contribution < -0.4 is 0 Å². The monoisotopic (exact) mass is 177 g/mol. The van der Waals surface area contributed by atoms with Crippen LogP contribution in [-0.2, 0) is 4.74 Å². The fourth-order valence-electron chi connectivity index (χ4n) is 0.746. The smallest absolute Gasteiger partial charge is 0.357 e. The van der Waals surface area contributed by atoms with Crippen LogP contribution in [0.5, 0.6) is 0 Å². The van der Waals surface area contributed by atoms with Gasteiger partial charge in [0.1, 0.15) is 12.3 Å². The highest BCUT2D eigenvalue weighted by molar-refractivity contribution is 5.87. The first kappa shape index (κ1) is 9.45. The molecule has 1 rings (SSSR count). The quantitative estimate of drug-likeness (QED) is 0.522. The molecular weight excluding hydrogens is 166 g/mol. The van der Waals surface area contributed by atoms with E-state index in [9.17, 15) is 4.79 Å². The molecule has 0 saturated carbocycles. The summed E-state index contributed by atoms with van der Waals surface area (Å²) in [6, 6.07) is 5.10. The van der Waals surface area contributed by atoms with E-state index in [0.717, 1.165) is 5.57 Å². The summed E-state index contributed by atoms with van der Waals surface area (Å²) in [5.74, 6) is -0.413. The Hall–Kier alpha value is -1.64. The first-order valence-corrected chi connectivity index (χ1v) is 3.92. The summed E-state index contributed by atoms with van der Waals surface area (Å²) in [5.41, 5.74) is 1.13. The zero-order valence-corrected chi connectivity index (χ0v) is 7.49. The molecule has 1 aromatic rings. The number of nitrogens with zero attached hydrogens (tertiary/aromatic N) is 1. The van der Waals surface area contributed by atoms with Crippen LogP contribution in [0.3, 0.4) is 0 Å². The van der Waals surface area contributed by atoms with Crippen molar-refractivity contribution in [1.29, 1.82) is 0 Å². The molecule has 0 aromatic carbocycles. The van der Waals surface area contributed by atoms with E-state index in [1.165, 1.54) is 0 Å². The van der Waals surface area contributed by atoms with Gasteiger partial charge in [-0.15, -0.1) is 0 Å². The molecule has 0 N–H and O–H groups in total. The van der Waals surface area contributed by atoms with Gasteiger partial charge < -0.3 is 4.74 Å². The van der Waals surface area contributed by atoms with Crippen molar-refractivity contribution in [1.82, 2.24) is 4.98 Å². The minimum absolute atomic E-state index is 0.245. The molecule has 1 aromatic heterocycles. The molecule has 0 fully saturated rings. The van der Waals surface area contributed by atoms with Crippen LogP contribution in [0.15, 0.2) is 36.5 Å². The summed E-state index contributed by atoms with van der Waals surface area (Å²) in [5, 5.41) is 0. The molecule has 0 bridgehead atoms. The van der Waals surface area contributed by atoms with Gasteiger partial charge >= 0.3 is 5.97 Å². The molecule has 0 saturated heterocycles. The summed E-state index contributed by atoms with van der Waals surface area (Å²) >= 11 is 0. The van der Waals surface area contributed by atoms with Crippen molar-refractivity contribution in [3.05, 3.63) is 42.2 Å². The molecule has 0 spiro atoms. The first-order valence-electron chi connectivity index (χ1n) is 3.92. The Morgan fingerprint density at radius 2 is 2.38 bits per heavy atom. The molecule has 3 nitrogen and oxygen atoms in total. The lowest BCUT2D eigenvalue weighted by Gasteiger charge is -2.02. The van der Waals surface area contributed by atoms with Crippen molar-refractivity contribution in [2.75, 3.05) is 6.61 Å². The minimum atomic E-state index is -0.413. The molecule has 0 aliphatic heterocycles. The van der Waals surface area contributed by atoms with Gasteiger partial charge in [-0.25, -0.2) is 9.78 Å². The molecule has 0 amide bonds. The topological polar surface area (TPSA) is 39.2 Å². The zero-order valence-electron chi connectivity index (χ0n) is 7.49. The van der Waals surface area contributed by atoms with Crippen molar-refractivity contribution < 1.29 is 9.53 Å². The average Bonchev–Trinajstić information content (AvgIpc) is 2.15. The summed E-state index contributed by atoms with van der Waals surface area (Å²) in [4.78, 5) is 15.1. The number of esters is 1.